The van der Waals surface area contributed by atoms with E-state index in [0.29, 0.717) is 6.42 Å². The van der Waals surface area contributed by atoms with Crippen LogP contribution in [0.25, 0.3) is 0 Å². The summed E-state index contributed by atoms with van der Waals surface area (Å²) in [5.74, 6) is -0.680. The molecule has 1 aromatic rings. The molecule has 0 aliphatic rings. The van der Waals surface area contributed by atoms with Crippen LogP contribution in [0.3, 0.4) is 0 Å². The van der Waals surface area contributed by atoms with Crippen LogP contribution in [0.15, 0.2) is 30.3 Å². The monoisotopic (exact) mass is 275 g/mol. The van der Waals surface area contributed by atoms with Gasteiger partial charge in [0.15, 0.2) is 0 Å². The van der Waals surface area contributed by atoms with Crippen molar-refractivity contribution in [2.24, 2.45) is 0 Å². The minimum atomic E-state index is -4.35. The summed E-state index contributed by atoms with van der Waals surface area (Å²) in [5, 5.41) is 2.18. The molecule has 106 valence electrons. The Kier molecular flexibility index (Phi) is 5.82. The average molecular weight is 275 g/mol. The Labute approximate surface area is 109 Å². The molecule has 0 saturated heterocycles. The first-order chi connectivity index (χ1) is 8.92. The molecule has 0 aliphatic heterocycles. The summed E-state index contributed by atoms with van der Waals surface area (Å²) in [6, 6.07) is 8.29. The lowest BCUT2D eigenvalue weighted by molar-refractivity contribution is -0.146. The second-order valence-corrected chi connectivity index (χ2v) is 4.10. The fraction of sp³-hybridized carbons (Fsp3) is 0.462. The highest BCUT2D eigenvalue weighted by Crippen LogP contribution is 2.14. The number of rotatable bonds is 6. The van der Waals surface area contributed by atoms with Gasteiger partial charge in [0.2, 0.25) is 0 Å². The Hall–Kier alpha value is -1.56. The molecule has 0 spiro atoms. The van der Waals surface area contributed by atoms with Crippen molar-refractivity contribution in [3.8, 4) is 0 Å². The molecule has 1 atom stereocenters. The maximum atomic E-state index is 12.1. The Balaban J connectivity index is 2.53. The maximum absolute atomic E-state index is 12.1. The molecule has 0 amide bonds. The summed E-state index contributed by atoms with van der Waals surface area (Å²) < 4.78 is 40.9. The number of carbonyl (C=O) groups is 1. The molecule has 19 heavy (non-hydrogen) atoms. The molecular formula is C13H16F3NO2. The number of carbonyl (C=O) groups excluding carboxylic acids is 1. The third kappa shape index (κ3) is 6.24. The Morgan fingerprint density at radius 3 is 2.47 bits per heavy atom. The van der Waals surface area contributed by atoms with Crippen LogP contribution in [0.1, 0.15) is 12.0 Å². The van der Waals surface area contributed by atoms with Gasteiger partial charge in [-0.3, -0.25) is 10.1 Å². The summed E-state index contributed by atoms with van der Waals surface area (Å²) in [4.78, 5) is 11.4. The van der Waals surface area contributed by atoms with Crippen LogP contribution in [-0.2, 0) is 16.0 Å². The van der Waals surface area contributed by atoms with Gasteiger partial charge in [-0.2, -0.15) is 13.2 Å². The van der Waals surface area contributed by atoms with Crippen molar-refractivity contribution >= 4 is 5.97 Å². The first-order valence-corrected chi connectivity index (χ1v) is 5.84. The number of esters is 1. The van der Waals surface area contributed by atoms with Crippen LogP contribution in [0.4, 0.5) is 13.2 Å². The van der Waals surface area contributed by atoms with Crippen LogP contribution in [-0.4, -0.2) is 31.8 Å². The van der Waals surface area contributed by atoms with E-state index in [4.69, 9.17) is 0 Å². The molecule has 0 aromatic heterocycles. The number of aryl methyl sites for hydroxylation is 1. The van der Waals surface area contributed by atoms with Crippen LogP contribution < -0.4 is 5.32 Å². The molecule has 1 N–H and O–H groups in total. The summed E-state index contributed by atoms with van der Waals surface area (Å²) in [5.41, 5.74) is 0.963. The summed E-state index contributed by atoms with van der Waals surface area (Å²) in [6.45, 7) is -1.21. The molecule has 0 bridgehead atoms. The number of nitrogens with one attached hydrogen (secondary N) is 1. The van der Waals surface area contributed by atoms with Gasteiger partial charge in [-0.15, -0.1) is 0 Å². The van der Waals surface area contributed by atoms with Crippen molar-refractivity contribution < 1.29 is 22.7 Å². The van der Waals surface area contributed by atoms with Gasteiger partial charge in [-0.25, -0.2) is 0 Å². The van der Waals surface area contributed by atoms with Crippen LogP contribution >= 0.6 is 0 Å². The van der Waals surface area contributed by atoms with E-state index in [-0.39, 0.29) is 6.42 Å². The van der Waals surface area contributed by atoms with Gasteiger partial charge in [0.1, 0.15) is 6.04 Å². The topological polar surface area (TPSA) is 38.3 Å². The van der Waals surface area contributed by atoms with Gasteiger partial charge in [0.05, 0.1) is 13.7 Å². The number of hydrogen-bond donors (Lipinski definition) is 1. The first kappa shape index (κ1) is 15.5. The number of alkyl halides is 3. The highest BCUT2D eigenvalue weighted by atomic mass is 19.4. The quantitative estimate of drug-likeness (QED) is 0.810. The van der Waals surface area contributed by atoms with E-state index in [9.17, 15) is 18.0 Å². The fourth-order valence-corrected chi connectivity index (χ4v) is 1.64. The third-order valence-electron chi connectivity index (χ3n) is 2.60. The zero-order valence-electron chi connectivity index (χ0n) is 10.5. The average Bonchev–Trinajstić information content (AvgIpc) is 2.38. The van der Waals surface area contributed by atoms with E-state index in [1.807, 2.05) is 30.3 Å². The summed E-state index contributed by atoms with van der Waals surface area (Å²) >= 11 is 0. The standard InChI is InChI=1S/C13H16F3NO2/c1-19-12(18)11(17-9-13(14,15)16)8-7-10-5-3-2-4-6-10/h2-6,11,17H,7-9H2,1H3. The van der Waals surface area contributed by atoms with E-state index in [2.05, 4.69) is 10.1 Å². The third-order valence-corrected chi connectivity index (χ3v) is 2.60. The van der Waals surface area contributed by atoms with E-state index in [0.717, 1.165) is 12.7 Å². The van der Waals surface area contributed by atoms with Crippen molar-refractivity contribution in [2.75, 3.05) is 13.7 Å². The molecule has 1 unspecified atom stereocenters. The minimum Gasteiger partial charge on any atom is -0.468 e. The van der Waals surface area contributed by atoms with Gasteiger partial charge >= 0.3 is 12.1 Å². The lowest BCUT2D eigenvalue weighted by Crippen LogP contribution is -2.42. The normalized spacial score (nSPS) is 13.1. The molecule has 0 fully saturated rings. The Morgan fingerprint density at radius 2 is 1.95 bits per heavy atom. The fourth-order valence-electron chi connectivity index (χ4n) is 1.64. The highest BCUT2D eigenvalue weighted by molar-refractivity contribution is 5.75. The molecule has 3 nitrogen and oxygen atoms in total. The smallest absolute Gasteiger partial charge is 0.401 e. The van der Waals surface area contributed by atoms with E-state index in [1.165, 1.54) is 0 Å². The second kappa shape index (κ2) is 7.13. The number of ether oxygens (including phenoxy) is 1. The summed E-state index contributed by atoms with van der Waals surface area (Å²) in [7, 11) is 1.16. The molecule has 0 aliphatic carbocycles. The zero-order valence-corrected chi connectivity index (χ0v) is 10.5. The minimum absolute atomic E-state index is 0.257. The van der Waals surface area contributed by atoms with Crippen LogP contribution in [0.5, 0.6) is 0 Å². The molecule has 0 heterocycles. The maximum Gasteiger partial charge on any atom is 0.401 e. The lowest BCUT2D eigenvalue weighted by Gasteiger charge is -2.17. The first-order valence-electron chi connectivity index (χ1n) is 5.84. The van der Waals surface area contributed by atoms with E-state index < -0.39 is 24.7 Å². The molecular weight excluding hydrogens is 259 g/mol. The largest absolute Gasteiger partial charge is 0.468 e. The second-order valence-electron chi connectivity index (χ2n) is 4.10. The molecule has 0 radical (unpaired) electrons. The predicted molar refractivity (Wildman–Crippen MR) is 64.6 cm³/mol. The lowest BCUT2D eigenvalue weighted by atomic mass is 10.1. The number of halogens is 3. The van der Waals surface area contributed by atoms with E-state index >= 15 is 0 Å². The molecule has 1 rings (SSSR count). The van der Waals surface area contributed by atoms with Gasteiger partial charge in [0, 0.05) is 0 Å². The van der Waals surface area contributed by atoms with Gasteiger partial charge < -0.3 is 4.74 Å². The van der Waals surface area contributed by atoms with Crippen molar-refractivity contribution in [3.63, 3.8) is 0 Å². The number of hydrogen-bond acceptors (Lipinski definition) is 3. The molecule has 0 saturated carbocycles. The summed E-state index contributed by atoms with van der Waals surface area (Å²) in [6.07, 6.45) is -3.59. The van der Waals surface area contributed by atoms with Crippen molar-refractivity contribution in [1.82, 2.24) is 5.32 Å². The van der Waals surface area contributed by atoms with Crippen LogP contribution in [0, 0.1) is 0 Å². The van der Waals surface area contributed by atoms with Crippen molar-refractivity contribution in [1.29, 1.82) is 0 Å². The predicted octanol–water partition coefficient (Wildman–Crippen LogP) is 2.31. The van der Waals surface area contributed by atoms with Gasteiger partial charge in [-0.1, -0.05) is 30.3 Å². The molecule has 1 aromatic carbocycles. The van der Waals surface area contributed by atoms with Gasteiger partial charge in [0.25, 0.3) is 0 Å². The zero-order chi connectivity index (χ0) is 14.3. The van der Waals surface area contributed by atoms with E-state index in [1.54, 1.807) is 0 Å². The van der Waals surface area contributed by atoms with Crippen LogP contribution in [0.2, 0.25) is 0 Å². The molecule has 6 heteroatoms. The number of benzene rings is 1. The van der Waals surface area contributed by atoms with Crippen molar-refractivity contribution in [2.45, 2.75) is 25.1 Å². The van der Waals surface area contributed by atoms with Crippen molar-refractivity contribution in [3.05, 3.63) is 35.9 Å². The Bertz CT molecular complexity index is 393. The number of methoxy groups -OCH3 is 1. The Morgan fingerprint density at radius 1 is 1.32 bits per heavy atom. The SMILES string of the molecule is COC(=O)C(CCc1ccccc1)NCC(F)(F)F. The highest BCUT2D eigenvalue weighted by Gasteiger charge is 2.30. The van der Waals surface area contributed by atoms with Gasteiger partial charge in [-0.05, 0) is 18.4 Å².